The minimum atomic E-state index is -4.70. The van der Waals surface area contributed by atoms with Gasteiger partial charge in [-0.05, 0) is 59.9 Å². The van der Waals surface area contributed by atoms with Gasteiger partial charge in [0.1, 0.15) is 0 Å². The van der Waals surface area contributed by atoms with Gasteiger partial charge in [-0.1, -0.05) is 0 Å². The average Bonchev–Trinajstić information content (AvgIpc) is 1.94. The first-order valence-electron chi connectivity index (χ1n) is 2.99. The van der Waals surface area contributed by atoms with E-state index in [4.69, 9.17) is 0 Å². The maximum Gasteiger partial charge on any atom is 2.00 e. The van der Waals surface area contributed by atoms with Gasteiger partial charge < -0.3 is 14.7 Å². The molecule has 8 heteroatoms. The van der Waals surface area contributed by atoms with E-state index >= 15 is 0 Å². The summed E-state index contributed by atoms with van der Waals surface area (Å²) in [4.78, 5) is 32.2. The molecule has 3 nitrogen and oxygen atoms in total. The van der Waals surface area contributed by atoms with E-state index in [-0.39, 0.29) is 32.8 Å². The Morgan fingerprint density at radius 3 is 1.71 bits per heavy atom. The van der Waals surface area contributed by atoms with E-state index in [9.17, 15) is 14.7 Å². The maximum absolute atomic E-state index is 10.7. The molecule has 0 N–H and O–H groups in total. The van der Waals surface area contributed by atoms with Crippen LogP contribution in [-0.4, -0.2) is 23.1 Å². The van der Waals surface area contributed by atoms with Gasteiger partial charge >= 0.3 is 23.1 Å². The van der Waals surface area contributed by atoms with Gasteiger partial charge in [-0.2, -0.15) is 0 Å². The minimum Gasteiger partial charge on any atom is -0.683 e. The van der Waals surface area contributed by atoms with E-state index in [0.717, 1.165) is 0 Å². The molecule has 0 aliphatic rings. The Hall–Kier alpha value is 1.74. The minimum absolute atomic E-state index is 0. The zero-order valence-corrected chi connectivity index (χ0v) is 13.7. The van der Waals surface area contributed by atoms with Gasteiger partial charge in [0.2, 0.25) is 0 Å². The van der Waals surface area contributed by atoms with Gasteiger partial charge in [-0.3, -0.25) is 0 Å². The van der Waals surface area contributed by atoms with E-state index in [0.29, 0.717) is 8.95 Å². The molecule has 1 aromatic carbocycles. The summed E-state index contributed by atoms with van der Waals surface area (Å²) in [6.07, 6.45) is 0. The molecule has 0 atom stereocenters. The van der Waals surface area contributed by atoms with Crippen molar-refractivity contribution in [3.05, 3.63) is 25.6 Å². The number of halogens is 3. The summed E-state index contributed by atoms with van der Waals surface area (Å²) in [6, 6.07) is 2.76. The van der Waals surface area contributed by atoms with Crippen molar-refractivity contribution >= 4 is 84.1 Å². The summed E-state index contributed by atoms with van der Waals surface area (Å²) in [5.74, 6) is 0. The van der Waals surface area contributed by atoms with Crippen LogP contribution in [0.15, 0.2) is 25.6 Å². The Labute approximate surface area is 123 Å². The first-order valence-corrected chi connectivity index (χ1v) is 6.91. The van der Waals surface area contributed by atoms with Gasteiger partial charge in [0.25, 0.3) is 0 Å². The molecule has 0 fully saturated rings. The Morgan fingerprint density at radius 2 is 1.29 bits per heavy atom. The van der Waals surface area contributed by atoms with Crippen LogP contribution in [0.3, 0.4) is 0 Å². The van der Waals surface area contributed by atoms with Crippen LogP contribution < -0.4 is 20.0 Å². The molecular weight excluding hydrogens is 415 g/mol. The zero-order valence-electron chi connectivity index (χ0n) is 6.67. The second kappa shape index (κ2) is 5.89. The third-order valence-corrected chi connectivity index (χ3v) is 5.05. The van der Waals surface area contributed by atoms with Crippen LogP contribution in [0.4, 0.5) is 0 Å². The number of hydrogen-bond donors (Lipinski definition) is 0. The molecule has 1 rings (SSSR count). The van der Waals surface area contributed by atoms with E-state index in [1.54, 1.807) is 0 Å². The molecule has 0 radical (unpaired) electrons. The quantitative estimate of drug-likeness (QED) is 0.369. The Morgan fingerprint density at radius 1 is 0.857 bits per heavy atom. The number of rotatable bonds is 1. The van der Waals surface area contributed by atoms with Crippen LogP contribution in [0.1, 0.15) is 0 Å². The van der Waals surface area contributed by atoms with Crippen molar-refractivity contribution in [2.45, 2.75) is 0 Å². The van der Waals surface area contributed by atoms with Crippen molar-refractivity contribution in [2.75, 3.05) is 0 Å². The molecule has 0 heterocycles. The van der Waals surface area contributed by atoms with Crippen LogP contribution in [-0.2, 0) is 0 Å². The van der Waals surface area contributed by atoms with Gasteiger partial charge in [0.15, 0.2) is 0 Å². The Kier molecular flexibility index (Phi) is 6.61. The first-order chi connectivity index (χ1) is 5.82. The standard InChI is InChI=1S/C6H4Br3O3P.Mg/c7-3-1-5(9)6(2-4(3)8)13(10,11)12;/h1-2H,(H2,10,11,12);/q;+2/p-2. The van der Waals surface area contributed by atoms with Crippen molar-refractivity contribution in [3.63, 3.8) is 0 Å². The molecule has 0 amide bonds. The summed E-state index contributed by atoms with van der Waals surface area (Å²) >= 11 is 9.28. The third kappa shape index (κ3) is 3.95. The topological polar surface area (TPSA) is 69.2 Å². The molecule has 0 saturated heterocycles. The molecule has 0 bridgehead atoms. The van der Waals surface area contributed by atoms with E-state index in [1.807, 2.05) is 0 Å². The van der Waals surface area contributed by atoms with Crippen LogP contribution in [0.2, 0.25) is 0 Å². The average molecular weight is 417 g/mol. The Bertz CT molecular complexity index is 342. The summed E-state index contributed by atoms with van der Waals surface area (Å²) in [6.45, 7) is 0. The second-order valence-corrected chi connectivity index (χ2v) is 6.25. The monoisotopic (exact) mass is 414 g/mol. The molecule has 0 aliphatic heterocycles. The predicted molar refractivity (Wildman–Crippen MR) is 61.9 cm³/mol. The summed E-state index contributed by atoms with van der Waals surface area (Å²) in [7, 11) is -4.70. The van der Waals surface area contributed by atoms with Gasteiger partial charge in [-0.15, -0.1) is 7.94 Å². The van der Waals surface area contributed by atoms with Gasteiger partial charge in [0, 0.05) is 8.95 Å². The third-order valence-electron chi connectivity index (χ3n) is 1.28. The number of hydrogen-bond acceptors (Lipinski definition) is 3. The SMILES string of the molecule is [Mg+2].[O-][P+]([O-])([O-])c1cc(Br)c(Br)cc1Br. The second-order valence-electron chi connectivity index (χ2n) is 2.22. The molecular formula is C6H2Br3MgO3P. The van der Waals surface area contributed by atoms with Gasteiger partial charge in [0.05, 0.1) is 9.78 Å². The predicted octanol–water partition coefficient (Wildman–Crippen LogP) is 0.0621. The zero-order chi connectivity index (χ0) is 10.2. The van der Waals surface area contributed by atoms with Crippen molar-refractivity contribution in [1.29, 1.82) is 0 Å². The van der Waals surface area contributed by atoms with Crippen molar-refractivity contribution < 1.29 is 14.7 Å². The molecule has 0 saturated carbocycles. The molecule has 72 valence electrons. The smallest absolute Gasteiger partial charge is 0.683 e. The van der Waals surface area contributed by atoms with Gasteiger partial charge in [-0.25, -0.2) is 0 Å². The first kappa shape index (κ1) is 15.7. The fraction of sp³-hybridized carbons (Fsp3) is 0. The fourth-order valence-electron chi connectivity index (χ4n) is 0.722. The van der Waals surface area contributed by atoms with Crippen LogP contribution in [0.25, 0.3) is 0 Å². The summed E-state index contributed by atoms with van der Waals surface area (Å²) < 4.78 is 1.46. The van der Waals surface area contributed by atoms with Crippen LogP contribution >= 0.6 is 55.7 Å². The largest absolute Gasteiger partial charge is 2.00 e. The van der Waals surface area contributed by atoms with E-state index in [1.165, 1.54) is 12.1 Å². The molecule has 14 heavy (non-hydrogen) atoms. The molecule has 1 aromatic rings. The normalized spacial score (nSPS) is 11.0. The Balaban J connectivity index is 0.00000169. The van der Waals surface area contributed by atoms with Crippen molar-refractivity contribution in [2.24, 2.45) is 0 Å². The molecule has 0 aliphatic carbocycles. The van der Waals surface area contributed by atoms with E-state index in [2.05, 4.69) is 47.8 Å². The van der Waals surface area contributed by atoms with E-state index < -0.39 is 7.94 Å². The van der Waals surface area contributed by atoms with Crippen molar-refractivity contribution in [3.8, 4) is 0 Å². The molecule has 0 aromatic heterocycles. The molecule has 0 unspecified atom stereocenters. The van der Waals surface area contributed by atoms with Crippen LogP contribution in [0, 0.1) is 0 Å². The summed E-state index contributed by atoms with van der Waals surface area (Å²) in [5, 5.41) is -0.248. The van der Waals surface area contributed by atoms with Crippen molar-refractivity contribution in [1.82, 2.24) is 0 Å². The fourth-order valence-corrected chi connectivity index (χ4v) is 3.50. The summed E-state index contributed by atoms with van der Waals surface area (Å²) in [5.41, 5.74) is 0. The van der Waals surface area contributed by atoms with Crippen LogP contribution in [0.5, 0.6) is 0 Å². The number of benzene rings is 1. The maximum atomic E-state index is 10.7. The molecule has 0 spiro atoms.